The maximum atomic E-state index is 12.2. The predicted molar refractivity (Wildman–Crippen MR) is 74.0 cm³/mol. The Bertz CT molecular complexity index is 288. The molecule has 0 spiro atoms. The minimum absolute atomic E-state index is 0.105. The van der Waals surface area contributed by atoms with E-state index in [9.17, 15) is 4.79 Å². The molecule has 4 atom stereocenters. The molecule has 3 nitrogen and oxygen atoms in total. The van der Waals surface area contributed by atoms with Crippen LogP contribution in [0.2, 0.25) is 0 Å². The summed E-state index contributed by atoms with van der Waals surface area (Å²) in [5.74, 6) is 2.28. The van der Waals surface area contributed by atoms with Crippen LogP contribution in [-0.2, 0) is 4.79 Å². The third-order valence-electron chi connectivity index (χ3n) is 4.79. The van der Waals surface area contributed by atoms with Gasteiger partial charge in [-0.2, -0.15) is 0 Å². The van der Waals surface area contributed by atoms with Crippen molar-refractivity contribution in [3.05, 3.63) is 0 Å². The Morgan fingerprint density at radius 1 is 1.28 bits per heavy atom. The van der Waals surface area contributed by atoms with Gasteiger partial charge in [-0.05, 0) is 43.4 Å². The van der Waals surface area contributed by atoms with Crippen molar-refractivity contribution < 1.29 is 4.79 Å². The Hall–Kier alpha value is -0.570. The molecule has 2 rings (SSSR count). The first-order valence-electron chi connectivity index (χ1n) is 7.63. The second kappa shape index (κ2) is 6.05. The summed E-state index contributed by atoms with van der Waals surface area (Å²) in [6, 6.07) is 0.124. The molecular weight excluding hydrogens is 224 g/mol. The Morgan fingerprint density at radius 2 is 2.00 bits per heavy atom. The quantitative estimate of drug-likeness (QED) is 0.713. The number of carbonyl (C=O) groups excluding carboxylic acids is 1. The van der Waals surface area contributed by atoms with E-state index in [1.54, 1.807) is 0 Å². The number of unbranched alkanes of at least 4 members (excludes halogenated alkanes) is 1. The Kier molecular flexibility index (Phi) is 4.66. The number of amides is 1. The van der Waals surface area contributed by atoms with Crippen molar-refractivity contribution in [1.82, 2.24) is 5.32 Å². The van der Waals surface area contributed by atoms with E-state index in [0.717, 1.165) is 18.9 Å². The maximum Gasteiger partial charge on any atom is 0.224 e. The normalized spacial score (nSPS) is 34.2. The number of rotatable bonds is 6. The summed E-state index contributed by atoms with van der Waals surface area (Å²) in [5.41, 5.74) is 6.17. The van der Waals surface area contributed by atoms with E-state index >= 15 is 0 Å². The van der Waals surface area contributed by atoms with Crippen LogP contribution in [0, 0.1) is 23.7 Å². The van der Waals surface area contributed by atoms with E-state index in [0.29, 0.717) is 11.8 Å². The summed E-state index contributed by atoms with van der Waals surface area (Å²) in [6.45, 7) is 5.31. The molecule has 2 bridgehead atoms. The summed E-state index contributed by atoms with van der Waals surface area (Å²) in [6.07, 6.45) is 7.20. The molecule has 0 aromatic carbocycles. The number of nitrogens with two attached hydrogens (primary N) is 1. The monoisotopic (exact) mass is 252 g/mol. The van der Waals surface area contributed by atoms with Crippen molar-refractivity contribution in [1.29, 1.82) is 0 Å². The summed E-state index contributed by atoms with van der Waals surface area (Å²) in [7, 11) is 0. The SMILES string of the molecule is CC(C)CCCCNC(=O)C1C2CCC(C2)C1N. The van der Waals surface area contributed by atoms with E-state index in [1.807, 2.05) is 0 Å². The molecule has 2 aliphatic rings. The van der Waals surface area contributed by atoms with Gasteiger partial charge in [-0.1, -0.05) is 26.7 Å². The van der Waals surface area contributed by atoms with E-state index in [1.165, 1.54) is 32.1 Å². The van der Waals surface area contributed by atoms with Gasteiger partial charge < -0.3 is 11.1 Å². The van der Waals surface area contributed by atoms with Gasteiger partial charge in [0.15, 0.2) is 0 Å². The number of hydrogen-bond acceptors (Lipinski definition) is 2. The highest BCUT2D eigenvalue weighted by Gasteiger charge is 2.48. The van der Waals surface area contributed by atoms with Crippen molar-refractivity contribution in [2.24, 2.45) is 29.4 Å². The van der Waals surface area contributed by atoms with Gasteiger partial charge in [0.25, 0.3) is 0 Å². The van der Waals surface area contributed by atoms with Gasteiger partial charge in [0.2, 0.25) is 5.91 Å². The van der Waals surface area contributed by atoms with Crippen molar-refractivity contribution in [2.75, 3.05) is 6.54 Å². The number of carbonyl (C=O) groups is 1. The zero-order valence-corrected chi connectivity index (χ0v) is 11.8. The van der Waals surface area contributed by atoms with Gasteiger partial charge >= 0.3 is 0 Å². The van der Waals surface area contributed by atoms with Crippen LogP contribution < -0.4 is 11.1 Å². The smallest absolute Gasteiger partial charge is 0.224 e. The summed E-state index contributed by atoms with van der Waals surface area (Å²) in [5, 5.41) is 3.09. The largest absolute Gasteiger partial charge is 0.356 e. The van der Waals surface area contributed by atoms with E-state index in [2.05, 4.69) is 19.2 Å². The van der Waals surface area contributed by atoms with Crippen LogP contribution in [0.1, 0.15) is 52.4 Å². The molecule has 0 saturated heterocycles. The molecule has 0 aromatic heterocycles. The first kappa shape index (κ1) is 13.9. The Morgan fingerprint density at radius 3 is 2.61 bits per heavy atom. The molecule has 104 valence electrons. The summed E-state index contributed by atoms with van der Waals surface area (Å²) in [4.78, 5) is 12.2. The van der Waals surface area contributed by atoms with Gasteiger partial charge in [0.05, 0.1) is 5.92 Å². The molecule has 4 unspecified atom stereocenters. The van der Waals surface area contributed by atoms with Crippen molar-refractivity contribution in [3.63, 3.8) is 0 Å². The van der Waals surface area contributed by atoms with Crippen LogP contribution >= 0.6 is 0 Å². The van der Waals surface area contributed by atoms with Gasteiger partial charge in [-0.3, -0.25) is 4.79 Å². The zero-order valence-electron chi connectivity index (χ0n) is 11.8. The fraction of sp³-hybridized carbons (Fsp3) is 0.933. The van der Waals surface area contributed by atoms with Crippen LogP contribution in [0.4, 0.5) is 0 Å². The number of nitrogens with one attached hydrogen (secondary N) is 1. The highest BCUT2D eigenvalue weighted by atomic mass is 16.1. The average molecular weight is 252 g/mol. The molecule has 3 N–H and O–H groups in total. The minimum atomic E-state index is 0.105. The molecule has 0 heterocycles. The fourth-order valence-corrected chi connectivity index (χ4v) is 3.73. The maximum absolute atomic E-state index is 12.2. The van der Waals surface area contributed by atoms with Crippen LogP contribution in [0.3, 0.4) is 0 Å². The van der Waals surface area contributed by atoms with Crippen molar-refractivity contribution >= 4 is 5.91 Å². The standard InChI is InChI=1S/C15H28N2O/c1-10(2)5-3-4-8-17-15(18)13-11-6-7-12(9-11)14(13)16/h10-14H,3-9,16H2,1-2H3,(H,17,18). The van der Waals surface area contributed by atoms with Crippen molar-refractivity contribution in [2.45, 2.75) is 58.4 Å². The molecule has 0 aromatic rings. The Balaban J connectivity index is 1.66. The zero-order chi connectivity index (χ0) is 13.1. The van der Waals surface area contributed by atoms with E-state index in [-0.39, 0.29) is 17.9 Å². The minimum Gasteiger partial charge on any atom is -0.356 e. The van der Waals surface area contributed by atoms with E-state index in [4.69, 9.17) is 5.73 Å². The lowest BCUT2D eigenvalue weighted by atomic mass is 9.84. The molecule has 2 aliphatic carbocycles. The van der Waals surface area contributed by atoms with Gasteiger partial charge in [0.1, 0.15) is 0 Å². The molecule has 2 saturated carbocycles. The van der Waals surface area contributed by atoms with Gasteiger partial charge in [-0.25, -0.2) is 0 Å². The van der Waals surface area contributed by atoms with Gasteiger partial charge in [-0.15, -0.1) is 0 Å². The molecule has 2 fully saturated rings. The molecule has 1 amide bonds. The highest BCUT2D eigenvalue weighted by molar-refractivity contribution is 5.80. The predicted octanol–water partition coefficient (Wildman–Crippen LogP) is 2.30. The second-order valence-electron chi connectivity index (χ2n) is 6.62. The van der Waals surface area contributed by atoms with E-state index < -0.39 is 0 Å². The topological polar surface area (TPSA) is 55.1 Å². The summed E-state index contributed by atoms with van der Waals surface area (Å²) < 4.78 is 0. The van der Waals surface area contributed by atoms with Crippen LogP contribution in [0.5, 0.6) is 0 Å². The molecule has 18 heavy (non-hydrogen) atoms. The lowest BCUT2D eigenvalue weighted by Crippen LogP contribution is -2.45. The fourth-order valence-electron chi connectivity index (χ4n) is 3.73. The number of fused-ring (bicyclic) bond motifs is 2. The third kappa shape index (κ3) is 3.05. The van der Waals surface area contributed by atoms with Crippen LogP contribution in [-0.4, -0.2) is 18.5 Å². The summed E-state index contributed by atoms with van der Waals surface area (Å²) >= 11 is 0. The second-order valence-corrected chi connectivity index (χ2v) is 6.62. The number of hydrogen-bond donors (Lipinski definition) is 2. The lowest BCUT2D eigenvalue weighted by Gasteiger charge is -2.27. The lowest BCUT2D eigenvalue weighted by molar-refractivity contribution is -0.127. The molecular formula is C15H28N2O. The van der Waals surface area contributed by atoms with Crippen LogP contribution in [0.25, 0.3) is 0 Å². The first-order chi connectivity index (χ1) is 8.59. The highest BCUT2D eigenvalue weighted by Crippen LogP contribution is 2.47. The average Bonchev–Trinajstić information content (AvgIpc) is 2.88. The third-order valence-corrected chi connectivity index (χ3v) is 4.79. The molecule has 3 heteroatoms. The molecule has 0 aliphatic heterocycles. The Labute approximate surface area is 111 Å². The van der Waals surface area contributed by atoms with Gasteiger partial charge in [0, 0.05) is 12.6 Å². The first-order valence-corrected chi connectivity index (χ1v) is 7.63. The van der Waals surface area contributed by atoms with Crippen LogP contribution in [0.15, 0.2) is 0 Å². The van der Waals surface area contributed by atoms with Crippen molar-refractivity contribution in [3.8, 4) is 0 Å². The molecule has 0 radical (unpaired) electrons.